The molecular weight excluding hydrogens is 262 g/mol. The fourth-order valence-corrected chi connectivity index (χ4v) is 1.39. The van der Waals surface area contributed by atoms with Crippen molar-refractivity contribution in [3.63, 3.8) is 0 Å². The monoisotopic (exact) mass is 281 g/mol. The summed E-state index contributed by atoms with van der Waals surface area (Å²) in [5, 5.41) is 8.82. The molecule has 1 amide bonds. The highest BCUT2D eigenvalue weighted by Gasteiger charge is 2.20. The van der Waals surface area contributed by atoms with Gasteiger partial charge in [0.05, 0.1) is 23.5 Å². The smallest absolute Gasteiger partial charge is 0.410 e. The number of aromatic carboxylic acids is 1. The number of carboxylic acids is 1. The van der Waals surface area contributed by atoms with Crippen molar-refractivity contribution in [1.82, 2.24) is 9.88 Å². The predicted molar refractivity (Wildman–Crippen MR) is 73.3 cm³/mol. The van der Waals surface area contributed by atoms with Crippen molar-refractivity contribution in [1.29, 1.82) is 0 Å². The lowest BCUT2D eigenvalue weighted by Crippen LogP contribution is -2.34. The quantitative estimate of drug-likeness (QED) is 0.874. The van der Waals surface area contributed by atoms with Gasteiger partial charge in [0.15, 0.2) is 0 Å². The Morgan fingerprint density at radius 1 is 1.45 bits per heavy atom. The Morgan fingerprint density at radius 2 is 2.05 bits per heavy atom. The molecule has 0 saturated carbocycles. The molecule has 0 aliphatic rings. The molecule has 0 aliphatic heterocycles. The van der Waals surface area contributed by atoms with Crippen molar-refractivity contribution in [2.24, 2.45) is 0 Å². The molecule has 0 radical (unpaired) electrons. The van der Waals surface area contributed by atoms with E-state index in [4.69, 9.17) is 15.6 Å². The number of hydrogen-bond donors (Lipinski definition) is 2. The second kappa shape index (κ2) is 5.77. The number of carbonyl (C=O) groups is 2. The Hall–Kier alpha value is -2.31. The van der Waals surface area contributed by atoms with Gasteiger partial charge in [-0.1, -0.05) is 0 Å². The number of amides is 1. The van der Waals surface area contributed by atoms with E-state index < -0.39 is 17.7 Å². The van der Waals surface area contributed by atoms with Gasteiger partial charge in [0.25, 0.3) is 0 Å². The largest absolute Gasteiger partial charge is 0.478 e. The highest BCUT2D eigenvalue weighted by atomic mass is 16.6. The number of nitrogens with zero attached hydrogens (tertiary/aromatic N) is 2. The molecule has 20 heavy (non-hydrogen) atoms. The molecule has 0 fully saturated rings. The van der Waals surface area contributed by atoms with Crippen LogP contribution in [0.2, 0.25) is 0 Å². The van der Waals surface area contributed by atoms with Crippen LogP contribution in [-0.4, -0.2) is 39.7 Å². The molecule has 0 spiro atoms. The highest BCUT2D eigenvalue weighted by Crippen LogP contribution is 2.15. The average Bonchev–Trinajstić information content (AvgIpc) is 2.29. The molecule has 0 bridgehead atoms. The van der Waals surface area contributed by atoms with E-state index in [0.717, 1.165) is 0 Å². The third-order valence-corrected chi connectivity index (χ3v) is 2.34. The van der Waals surface area contributed by atoms with E-state index in [-0.39, 0.29) is 17.8 Å². The number of carboxylic acid groups (broad SMARTS) is 1. The summed E-state index contributed by atoms with van der Waals surface area (Å²) in [6, 6.07) is 1.31. The van der Waals surface area contributed by atoms with Crippen LogP contribution < -0.4 is 5.73 Å². The number of aromatic nitrogens is 1. The van der Waals surface area contributed by atoms with Crippen LogP contribution in [0.5, 0.6) is 0 Å². The van der Waals surface area contributed by atoms with Gasteiger partial charge >= 0.3 is 12.1 Å². The van der Waals surface area contributed by atoms with Gasteiger partial charge in [-0.25, -0.2) is 9.59 Å². The number of anilines is 1. The Bertz CT molecular complexity index is 523. The summed E-state index contributed by atoms with van der Waals surface area (Å²) in [6.07, 6.45) is 0.706. The first-order valence-corrected chi connectivity index (χ1v) is 6.02. The normalized spacial score (nSPS) is 11.0. The number of hydrogen-bond acceptors (Lipinski definition) is 5. The number of nitrogen functional groups attached to an aromatic ring is 1. The summed E-state index contributed by atoms with van der Waals surface area (Å²) in [4.78, 5) is 27.8. The molecule has 0 saturated heterocycles. The molecule has 0 atom stereocenters. The number of carbonyl (C=O) groups excluding carboxylic acids is 1. The molecule has 1 aromatic rings. The standard InChI is InChI=1S/C13H19N3O4/c1-13(2,3)20-12(19)16(4)7-10-9(14)5-8(6-15-10)11(17)18/h5-6H,7,14H2,1-4H3,(H,17,18). The highest BCUT2D eigenvalue weighted by molar-refractivity contribution is 5.88. The Labute approximate surface area is 117 Å². The van der Waals surface area contributed by atoms with Gasteiger partial charge in [-0.05, 0) is 26.8 Å². The molecule has 1 aromatic heterocycles. The van der Waals surface area contributed by atoms with Crippen LogP contribution in [0.3, 0.4) is 0 Å². The number of pyridine rings is 1. The average molecular weight is 281 g/mol. The lowest BCUT2D eigenvalue weighted by atomic mass is 10.2. The van der Waals surface area contributed by atoms with Crippen LogP contribution in [-0.2, 0) is 11.3 Å². The van der Waals surface area contributed by atoms with Gasteiger partial charge in [0.2, 0.25) is 0 Å². The van der Waals surface area contributed by atoms with Crippen LogP contribution in [0.25, 0.3) is 0 Å². The maximum absolute atomic E-state index is 11.8. The maximum atomic E-state index is 11.8. The van der Waals surface area contributed by atoms with E-state index in [2.05, 4.69) is 4.98 Å². The summed E-state index contributed by atoms with van der Waals surface area (Å²) in [6.45, 7) is 5.45. The van der Waals surface area contributed by atoms with Crippen molar-refractivity contribution >= 4 is 17.7 Å². The second-order valence-electron chi connectivity index (χ2n) is 5.40. The van der Waals surface area contributed by atoms with Crippen LogP contribution in [0, 0.1) is 0 Å². The Balaban J connectivity index is 2.78. The predicted octanol–water partition coefficient (Wildman–Crippen LogP) is 1.73. The zero-order valence-corrected chi connectivity index (χ0v) is 12.0. The summed E-state index contributed by atoms with van der Waals surface area (Å²) < 4.78 is 5.20. The number of rotatable bonds is 3. The van der Waals surface area contributed by atoms with Gasteiger partial charge < -0.3 is 20.5 Å². The SMILES string of the molecule is CN(Cc1ncc(C(=O)O)cc1N)C(=O)OC(C)(C)C. The van der Waals surface area contributed by atoms with Crippen LogP contribution in [0.15, 0.2) is 12.3 Å². The van der Waals surface area contributed by atoms with Gasteiger partial charge in [0, 0.05) is 13.2 Å². The molecule has 3 N–H and O–H groups in total. The molecule has 0 aliphatic carbocycles. The summed E-state index contributed by atoms with van der Waals surface area (Å²) in [5.41, 5.74) is 5.79. The maximum Gasteiger partial charge on any atom is 0.410 e. The summed E-state index contributed by atoms with van der Waals surface area (Å²) in [5.74, 6) is -1.10. The first-order valence-electron chi connectivity index (χ1n) is 6.02. The van der Waals surface area contributed by atoms with E-state index >= 15 is 0 Å². The molecule has 7 heteroatoms. The van der Waals surface area contributed by atoms with Gasteiger partial charge in [-0.3, -0.25) is 4.98 Å². The van der Waals surface area contributed by atoms with E-state index in [1.807, 2.05) is 0 Å². The van der Waals surface area contributed by atoms with Crippen LogP contribution in [0.4, 0.5) is 10.5 Å². The second-order valence-corrected chi connectivity index (χ2v) is 5.40. The zero-order valence-electron chi connectivity index (χ0n) is 12.0. The van der Waals surface area contributed by atoms with E-state index in [9.17, 15) is 9.59 Å². The molecule has 7 nitrogen and oxygen atoms in total. The first kappa shape index (κ1) is 15.7. The third kappa shape index (κ3) is 4.42. The number of ether oxygens (including phenoxy) is 1. The Kier molecular flexibility index (Phi) is 4.54. The minimum Gasteiger partial charge on any atom is -0.478 e. The lowest BCUT2D eigenvalue weighted by molar-refractivity contribution is 0.0283. The molecule has 0 aromatic carbocycles. The van der Waals surface area contributed by atoms with Crippen molar-refractivity contribution in [2.75, 3.05) is 12.8 Å². The zero-order chi connectivity index (χ0) is 15.5. The van der Waals surface area contributed by atoms with Gasteiger partial charge in [-0.15, -0.1) is 0 Å². The van der Waals surface area contributed by atoms with Gasteiger partial charge in [-0.2, -0.15) is 0 Å². The fourth-order valence-electron chi connectivity index (χ4n) is 1.39. The summed E-state index contributed by atoms with van der Waals surface area (Å²) in [7, 11) is 1.56. The Morgan fingerprint density at radius 3 is 2.50 bits per heavy atom. The topological polar surface area (TPSA) is 106 Å². The van der Waals surface area contributed by atoms with Crippen LogP contribution in [0.1, 0.15) is 36.8 Å². The first-order chi connectivity index (χ1) is 9.10. The third-order valence-electron chi connectivity index (χ3n) is 2.34. The van der Waals surface area contributed by atoms with Crippen molar-refractivity contribution in [3.8, 4) is 0 Å². The minimum absolute atomic E-state index is 0.00571. The molecule has 0 unspecified atom stereocenters. The molecular formula is C13H19N3O4. The van der Waals surface area contributed by atoms with E-state index in [1.54, 1.807) is 27.8 Å². The molecule has 110 valence electrons. The van der Waals surface area contributed by atoms with Crippen LogP contribution >= 0.6 is 0 Å². The fraction of sp³-hybridized carbons (Fsp3) is 0.462. The molecule has 1 rings (SSSR count). The lowest BCUT2D eigenvalue weighted by Gasteiger charge is -2.24. The molecule has 1 heterocycles. The minimum atomic E-state index is -1.10. The van der Waals surface area contributed by atoms with Gasteiger partial charge in [0.1, 0.15) is 5.60 Å². The summed E-state index contributed by atoms with van der Waals surface area (Å²) >= 11 is 0. The van der Waals surface area contributed by atoms with Crippen molar-refractivity contribution < 1.29 is 19.4 Å². The number of nitrogens with two attached hydrogens (primary N) is 1. The van der Waals surface area contributed by atoms with Crippen molar-refractivity contribution in [3.05, 3.63) is 23.5 Å². The van der Waals surface area contributed by atoms with E-state index in [1.165, 1.54) is 17.2 Å². The van der Waals surface area contributed by atoms with Crippen molar-refractivity contribution in [2.45, 2.75) is 32.9 Å². The van der Waals surface area contributed by atoms with E-state index in [0.29, 0.717) is 5.69 Å².